The van der Waals surface area contributed by atoms with E-state index < -0.39 is 0 Å². The summed E-state index contributed by atoms with van der Waals surface area (Å²) in [5.41, 5.74) is 0. The summed E-state index contributed by atoms with van der Waals surface area (Å²) in [7, 11) is 0. The van der Waals surface area contributed by atoms with E-state index in [0.717, 1.165) is 12.8 Å². The van der Waals surface area contributed by atoms with Gasteiger partial charge in [0.05, 0.1) is 11.6 Å². The van der Waals surface area contributed by atoms with Gasteiger partial charge >= 0.3 is 0 Å². The minimum Gasteiger partial charge on any atom is -0.486 e. The molecule has 0 radical (unpaired) electrons. The van der Waals surface area contributed by atoms with Crippen molar-refractivity contribution >= 4 is 23.2 Å². The van der Waals surface area contributed by atoms with E-state index >= 15 is 0 Å². The molecule has 1 rings (SSSR count). The lowest BCUT2D eigenvalue weighted by molar-refractivity contribution is 0.108. The highest BCUT2D eigenvalue weighted by Crippen LogP contribution is 2.28. The van der Waals surface area contributed by atoms with Crippen LogP contribution in [0.15, 0.2) is 18.2 Å². The van der Waals surface area contributed by atoms with Crippen LogP contribution in [0.5, 0.6) is 5.75 Å². The summed E-state index contributed by atoms with van der Waals surface area (Å²) in [6.45, 7) is 2.03. The molecule has 2 nitrogen and oxygen atoms in total. The Morgan fingerprint density at radius 1 is 1.40 bits per heavy atom. The number of benzene rings is 1. The van der Waals surface area contributed by atoms with Crippen LogP contribution in [-0.2, 0) is 0 Å². The number of hydrogen-bond acceptors (Lipinski definition) is 2. The number of hydrogen-bond donors (Lipinski definition) is 1. The van der Waals surface area contributed by atoms with Crippen LogP contribution in [0.4, 0.5) is 0 Å². The van der Waals surface area contributed by atoms with E-state index in [-0.39, 0.29) is 12.7 Å². The predicted molar refractivity (Wildman–Crippen MR) is 62.9 cm³/mol. The molecule has 0 heterocycles. The number of aliphatic hydroxyl groups excluding tert-OH is 1. The van der Waals surface area contributed by atoms with E-state index in [9.17, 15) is 0 Å². The average molecular weight is 249 g/mol. The van der Waals surface area contributed by atoms with Gasteiger partial charge in [0.2, 0.25) is 0 Å². The second-order valence-electron chi connectivity index (χ2n) is 3.29. The molecule has 1 aromatic carbocycles. The molecule has 0 bridgehead atoms. The minimum atomic E-state index is -0.200. The molecule has 1 N–H and O–H groups in total. The average Bonchev–Trinajstić information content (AvgIpc) is 2.21. The van der Waals surface area contributed by atoms with Gasteiger partial charge in [0.15, 0.2) is 0 Å². The van der Waals surface area contributed by atoms with Crippen LogP contribution in [0.1, 0.15) is 19.8 Å². The zero-order chi connectivity index (χ0) is 11.3. The maximum Gasteiger partial charge on any atom is 0.138 e. The fraction of sp³-hybridized carbons (Fsp3) is 0.455. The van der Waals surface area contributed by atoms with Gasteiger partial charge in [-0.15, -0.1) is 0 Å². The Balaban J connectivity index is 2.70. The highest BCUT2D eigenvalue weighted by Gasteiger charge is 2.10. The van der Waals surface area contributed by atoms with Gasteiger partial charge in [-0.3, -0.25) is 0 Å². The molecule has 0 fully saturated rings. The van der Waals surface area contributed by atoms with Crippen LogP contribution in [0, 0.1) is 0 Å². The van der Waals surface area contributed by atoms with Crippen molar-refractivity contribution in [3.8, 4) is 5.75 Å². The van der Waals surface area contributed by atoms with Gasteiger partial charge in [0, 0.05) is 5.02 Å². The number of ether oxygens (including phenoxy) is 1. The lowest BCUT2D eigenvalue weighted by atomic mass is 10.2. The van der Waals surface area contributed by atoms with Crippen molar-refractivity contribution in [1.82, 2.24) is 0 Å². The molecular formula is C11H14Cl2O2. The third-order valence-corrected chi connectivity index (χ3v) is 2.53. The first kappa shape index (κ1) is 12.6. The zero-order valence-corrected chi connectivity index (χ0v) is 10.1. The highest BCUT2D eigenvalue weighted by molar-refractivity contribution is 6.35. The summed E-state index contributed by atoms with van der Waals surface area (Å²) in [5, 5.41) is 10.1. The molecule has 0 aliphatic carbocycles. The van der Waals surface area contributed by atoms with E-state index in [1.807, 2.05) is 6.92 Å². The number of aliphatic hydroxyl groups is 1. The zero-order valence-electron chi connectivity index (χ0n) is 8.54. The molecule has 4 heteroatoms. The molecular weight excluding hydrogens is 235 g/mol. The minimum absolute atomic E-state index is 0.00715. The first-order valence-electron chi connectivity index (χ1n) is 4.90. The Morgan fingerprint density at radius 2 is 2.13 bits per heavy atom. The molecule has 1 atom stereocenters. The van der Waals surface area contributed by atoms with Crippen molar-refractivity contribution in [2.75, 3.05) is 6.61 Å². The van der Waals surface area contributed by atoms with Gasteiger partial charge in [0.25, 0.3) is 0 Å². The third-order valence-electron chi connectivity index (χ3n) is 2.00. The second kappa shape index (κ2) is 6.21. The van der Waals surface area contributed by atoms with Gasteiger partial charge in [-0.2, -0.15) is 0 Å². The summed E-state index contributed by atoms with van der Waals surface area (Å²) in [4.78, 5) is 0. The molecule has 15 heavy (non-hydrogen) atoms. The second-order valence-corrected chi connectivity index (χ2v) is 4.13. The Hall–Kier alpha value is -0.440. The first-order valence-corrected chi connectivity index (χ1v) is 5.65. The van der Waals surface area contributed by atoms with Crippen LogP contribution >= 0.6 is 23.2 Å². The summed E-state index contributed by atoms with van der Waals surface area (Å²) < 4.78 is 5.55. The summed E-state index contributed by atoms with van der Waals surface area (Å²) in [6.07, 6.45) is 1.56. The van der Waals surface area contributed by atoms with E-state index in [0.29, 0.717) is 15.8 Å². The van der Waals surface area contributed by atoms with Crippen molar-refractivity contribution in [3.05, 3.63) is 28.2 Å². The molecule has 0 aliphatic rings. The van der Waals surface area contributed by atoms with Gasteiger partial charge < -0.3 is 9.84 Å². The Morgan fingerprint density at radius 3 is 2.67 bits per heavy atom. The monoisotopic (exact) mass is 248 g/mol. The molecule has 0 saturated carbocycles. The van der Waals surface area contributed by atoms with Crippen LogP contribution in [0.25, 0.3) is 0 Å². The van der Waals surface area contributed by atoms with Crippen LogP contribution in [0.2, 0.25) is 10.0 Å². The van der Waals surface area contributed by atoms with Crippen LogP contribution in [-0.4, -0.2) is 17.8 Å². The first-order chi connectivity index (χ1) is 7.17. The molecule has 0 amide bonds. The van der Waals surface area contributed by atoms with Gasteiger partial charge in [0.1, 0.15) is 11.9 Å². The maximum atomic E-state index is 9.07. The lowest BCUT2D eigenvalue weighted by Crippen LogP contribution is -2.20. The van der Waals surface area contributed by atoms with E-state index in [4.69, 9.17) is 33.0 Å². The van der Waals surface area contributed by atoms with Gasteiger partial charge in [-0.1, -0.05) is 36.5 Å². The van der Waals surface area contributed by atoms with Crippen LogP contribution in [0.3, 0.4) is 0 Å². The molecule has 0 spiro atoms. The summed E-state index contributed by atoms with van der Waals surface area (Å²) in [5.74, 6) is 0.563. The Bertz CT molecular complexity index is 315. The summed E-state index contributed by atoms with van der Waals surface area (Å²) >= 11 is 11.7. The SMILES string of the molecule is CCCC(CO)Oc1ccc(Cl)cc1Cl. The van der Waals surface area contributed by atoms with Crippen molar-refractivity contribution in [3.63, 3.8) is 0 Å². The van der Waals surface area contributed by atoms with Crippen molar-refractivity contribution in [2.24, 2.45) is 0 Å². The molecule has 1 unspecified atom stereocenters. The van der Waals surface area contributed by atoms with Gasteiger partial charge in [-0.05, 0) is 24.6 Å². The van der Waals surface area contributed by atoms with Gasteiger partial charge in [-0.25, -0.2) is 0 Å². The standard InChI is InChI=1S/C11H14Cl2O2/c1-2-3-9(7-14)15-11-5-4-8(12)6-10(11)13/h4-6,9,14H,2-3,7H2,1H3. The molecule has 0 aliphatic heterocycles. The third kappa shape index (κ3) is 3.90. The number of rotatable bonds is 5. The maximum absolute atomic E-state index is 9.07. The van der Waals surface area contributed by atoms with E-state index in [1.165, 1.54) is 0 Å². The van der Waals surface area contributed by atoms with E-state index in [2.05, 4.69) is 0 Å². The smallest absolute Gasteiger partial charge is 0.138 e. The van der Waals surface area contributed by atoms with Crippen molar-refractivity contribution < 1.29 is 9.84 Å². The fourth-order valence-corrected chi connectivity index (χ4v) is 1.71. The van der Waals surface area contributed by atoms with Crippen molar-refractivity contribution in [1.29, 1.82) is 0 Å². The number of halogens is 2. The summed E-state index contributed by atoms with van der Waals surface area (Å²) in [6, 6.07) is 5.05. The predicted octanol–water partition coefficient (Wildman–Crippen LogP) is 3.53. The normalized spacial score (nSPS) is 12.5. The topological polar surface area (TPSA) is 29.5 Å². The molecule has 84 valence electrons. The Kier molecular flexibility index (Phi) is 5.23. The fourth-order valence-electron chi connectivity index (χ4n) is 1.26. The van der Waals surface area contributed by atoms with Crippen LogP contribution < -0.4 is 4.74 Å². The van der Waals surface area contributed by atoms with E-state index in [1.54, 1.807) is 18.2 Å². The molecule has 1 aromatic rings. The molecule has 0 saturated heterocycles. The van der Waals surface area contributed by atoms with Crippen molar-refractivity contribution in [2.45, 2.75) is 25.9 Å². The quantitative estimate of drug-likeness (QED) is 0.864. The Labute approximate surface area is 99.8 Å². The lowest BCUT2D eigenvalue weighted by Gasteiger charge is -2.16. The molecule has 0 aromatic heterocycles. The highest BCUT2D eigenvalue weighted by atomic mass is 35.5. The largest absolute Gasteiger partial charge is 0.486 e.